The lowest BCUT2D eigenvalue weighted by atomic mass is 10.1. The van der Waals surface area contributed by atoms with E-state index in [1.165, 1.54) is 0 Å². The molecule has 1 aromatic rings. The van der Waals surface area contributed by atoms with Crippen molar-refractivity contribution in [2.24, 2.45) is 0 Å². The molecule has 2 atom stereocenters. The first kappa shape index (κ1) is 15.7. The smallest absolute Gasteiger partial charge is 0.0929 e. The van der Waals surface area contributed by atoms with Gasteiger partial charge >= 0.3 is 0 Å². The lowest BCUT2D eigenvalue weighted by molar-refractivity contribution is 0.116. The van der Waals surface area contributed by atoms with Gasteiger partial charge in [0, 0.05) is 34.8 Å². The quantitative estimate of drug-likeness (QED) is 0.811. The average Bonchev–Trinajstić information content (AvgIpc) is 2.36. The van der Waals surface area contributed by atoms with Gasteiger partial charge in [-0.1, -0.05) is 23.2 Å². The normalized spacial score (nSPS) is 14.5. The molecule has 0 aromatic heterocycles. The Kier molecular flexibility index (Phi) is 6.97. The molecular formula is C13H19Cl2NO2. The third-order valence-electron chi connectivity index (χ3n) is 2.55. The highest BCUT2D eigenvalue weighted by Gasteiger charge is 2.13. The first-order chi connectivity index (χ1) is 8.54. The first-order valence-electron chi connectivity index (χ1n) is 5.98. The van der Waals surface area contributed by atoms with Crippen LogP contribution in [0.15, 0.2) is 18.2 Å². The maximum atomic E-state index is 10.1. The molecule has 0 heterocycles. The van der Waals surface area contributed by atoms with Crippen molar-refractivity contribution < 1.29 is 9.84 Å². The lowest BCUT2D eigenvalue weighted by Crippen LogP contribution is -2.34. The number of aliphatic hydroxyl groups is 1. The van der Waals surface area contributed by atoms with E-state index < -0.39 is 6.10 Å². The largest absolute Gasteiger partial charge is 0.387 e. The molecule has 3 nitrogen and oxygen atoms in total. The molecular weight excluding hydrogens is 273 g/mol. The summed E-state index contributed by atoms with van der Waals surface area (Å²) in [7, 11) is 0. The molecule has 0 fully saturated rings. The van der Waals surface area contributed by atoms with Crippen molar-refractivity contribution in [3.8, 4) is 0 Å². The van der Waals surface area contributed by atoms with Crippen molar-refractivity contribution in [1.29, 1.82) is 0 Å². The second kappa shape index (κ2) is 7.97. The monoisotopic (exact) mass is 291 g/mol. The molecule has 102 valence electrons. The molecule has 2 unspecified atom stereocenters. The number of aliphatic hydroxyl groups excluding tert-OH is 1. The summed E-state index contributed by atoms with van der Waals surface area (Å²) in [6.45, 7) is 5.67. The van der Waals surface area contributed by atoms with E-state index in [2.05, 4.69) is 5.32 Å². The molecule has 5 heteroatoms. The van der Waals surface area contributed by atoms with Gasteiger partial charge in [0.15, 0.2) is 0 Å². The van der Waals surface area contributed by atoms with Crippen LogP contribution in [0.5, 0.6) is 0 Å². The van der Waals surface area contributed by atoms with E-state index in [0.717, 1.165) is 0 Å². The van der Waals surface area contributed by atoms with Crippen LogP contribution in [0.2, 0.25) is 10.0 Å². The van der Waals surface area contributed by atoms with E-state index in [4.69, 9.17) is 27.9 Å². The highest BCUT2D eigenvalue weighted by Crippen LogP contribution is 2.25. The zero-order chi connectivity index (χ0) is 13.5. The van der Waals surface area contributed by atoms with Crippen molar-refractivity contribution in [3.63, 3.8) is 0 Å². The van der Waals surface area contributed by atoms with Gasteiger partial charge in [-0.2, -0.15) is 0 Å². The van der Waals surface area contributed by atoms with Gasteiger partial charge in [0.1, 0.15) is 0 Å². The van der Waals surface area contributed by atoms with Crippen LogP contribution in [-0.4, -0.2) is 30.9 Å². The molecule has 1 aromatic carbocycles. The summed E-state index contributed by atoms with van der Waals surface area (Å²) in [6, 6.07) is 5.25. The van der Waals surface area contributed by atoms with Crippen LogP contribution < -0.4 is 5.32 Å². The second-order valence-electron chi connectivity index (χ2n) is 4.15. The molecule has 1 rings (SSSR count). The number of hydrogen-bond donors (Lipinski definition) is 2. The van der Waals surface area contributed by atoms with Crippen LogP contribution in [0.1, 0.15) is 25.5 Å². The summed E-state index contributed by atoms with van der Waals surface area (Å²) in [6.07, 6.45) is -0.680. The summed E-state index contributed by atoms with van der Waals surface area (Å²) < 4.78 is 5.28. The van der Waals surface area contributed by atoms with Gasteiger partial charge in [0.25, 0.3) is 0 Å². The zero-order valence-corrected chi connectivity index (χ0v) is 12.1. The van der Waals surface area contributed by atoms with Crippen LogP contribution in [0.25, 0.3) is 0 Å². The maximum absolute atomic E-state index is 10.1. The Labute approximate surface area is 118 Å². The van der Waals surface area contributed by atoms with E-state index >= 15 is 0 Å². The van der Waals surface area contributed by atoms with E-state index in [1.807, 2.05) is 13.8 Å². The summed E-state index contributed by atoms with van der Waals surface area (Å²) in [5, 5.41) is 14.3. The standard InChI is InChI=1S/C13H19Cl2NO2/c1-3-18-8-9(2)16-7-13(17)11-6-10(14)4-5-12(11)15/h4-6,9,13,16-17H,3,7-8H2,1-2H3. The van der Waals surface area contributed by atoms with E-state index in [9.17, 15) is 5.11 Å². The van der Waals surface area contributed by atoms with Gasteiger partial charge in [-0.25, -0.2) is 0 Å². The minimum Gasteiger partial charge on any atom is -0.387 e. The highest BCUT2D eigenvalue weighted by atomic mass is 35.5. The third kappa shape index (κ3) is 5.12. The number of nitrogens with one attached hydrogen (secondary N) is 1. The fourth-order valence-electron chi connectivity index (χ4n) is 1.55. The summed E-state index contributed by atoms with van der Waals surface area (Å²) in [5.74, 6) is 0. The summed E-state index contributed by atoms with van der Waals surface area (Å²) >= 11 is 11.9. The summed E-state index contributed by atoms with van der Waals surface area (Å²) in [5.41, 5.74) is 0.639. The molecule has 2 N–H and O–H groups in total. The molecule has 0 amide bonds. The molecule has 0 aliphatic rings. The molecule has 0 saturated heterocycles. The van der Waals surface area contributed by atoms with E-state index in [1.54, 1.807) is 18.2 Å². The Morgan fingerprint density at radius 3 is 2.78 bits per heavy atom. The lowest BCUT2D eigenvalue weighted by Gasteiger charge is -2.18. The molecule has 0 bridgehead atoms. The third-order valence-corrected chi connectivity index (χ3v) is 3.13. The molecule has 0 spiro atoms. The van der Waals surface area contributed by atoms with Gasteiger partial charge in [-0.3, -0.25) is 0 Å². The minimum absolute atomic E-state index is 0.178. The Morgan fingerprint density at radius 2 is 2.11 bits per heavy atom. The van der Waals surface area contributed by atoms with E-state index in [0.29, 0.717) is 35.4 Å². The van der Waals surface area contributed by atoms with Crippen LogP contribution in [-0.2, 0) is 4.74 Å². The van der Waals surface area contributed by atoms with Crippen molar-refractivity contribution in [2.45, 2.75) is 26.0 Å². The molecule has 0 radical (unpaired) electrons. The molecule has 0 aliphatic heterocycles. The maximum Gasteiger partial charge on any atom is 0.0929 e. The fourth-order valence-corrected chi connectivity index (χ4v) is 1.97. The SMILES string of the molecule is CCOCC(C)NCC(O)c1cc(Cl)ccc1Cl. The Balaban J connectivity index is 2.49. The van der Waals surface area contributed by atoms with Gasteiger partial charge < -0.3 is 15.2 Å². The minimum atomic E-state index is -0.680. The Bertz CT molecular complexity index is 374. The Hall–Kier alpha value is -0.320. The van der Waals surface area contributed by atoms with Crippen LogP contribution in [0, 0.1) is 0 Å². The number of halogens is 2. The van der Waals surface area contributed by atoms with Gasteiger partial charge in [-0.05, 0) is 32.0 Å². The first-order valence-corrected chi connectivity index (χ1v) is 6.74. The summed E-state index contributed by atoms with van der Waals surface area (Å²) in [4.78, 5) is 0. The van der Waals surface area contributed by atoms with Crippen LogP contribution in [0.3, 0.4) is 0 Å². The van der Waals surface area contributed by atoms with E-state index in [-0.39, 0.29) is 6.04 Å². The van der Waals surface area contributed by atoms with Gasteiger partial charge in [0.2, 0.25) is 0 Å². The zero-order valence-electron chi connectivity index (χ0n) is 10.6. The number of hydrogen-bond acceptors (Lipinski definition) is 3. The predicted molar refractivity (Wildman–Crippen MR) is 75.4 cm³/mol. The predicted octanol–water partition coefficient (Wildman–Crippen LogP) is 3.04. The molecule has 18 heavy (non-hydrogen) atoms. The van der Waals surface area contributed by atoms with Crippen LogP contribution >= 0.6 is 23.2 Å². The van der Waals surface area contributed by atoms with Gasteiger partial charge in [-0.15, -0.1) is 0 Å². The van der Waals surface area contributed by atoms with Crippen molar-refractivity contribution in [1.82, 2.24) is 5.32 Å². The fraction of sp³-hybridized carbons (Fsp3) is 0.538. The van der Waals surface area contributed by atoms with Crippen molar-refractivity contribution in [2.75, 3.05) is 19.8 Å². The average molecular weight is 292 g/mol. The Morgan fingerprint density at radius 1 is 1.39 bits per heavy atom. The topological polar surface area (TPSA) is 41.5 Å². The van der Waals surface area contributed by atoms with Crippen molar-refractivity contribution >= 4 is 23.2 Å². The number of rotatable bonds is 7. The highest BCUT2D eigenvalue weighted by molar-refractivity contribution is 6.33. The second-order valence-corrected chi connectivity index (χ2v) is 4.99. The van der Waals surface area contributed by atoms with Crippen molar-refractivity contribution in [3.05, 3.63) is 33.8 Å². The van der Waals surface area contributed by atoms with Gasteiger partial charge in [0.05, 0.1) is 12.7 Å². The number of ether oxygens (including phenoxy) is 1. The van der Waals surface area contributed by atoms with Crippen LogP contribution in [0.4, 0.5) is 0 Å². The molecule has 0 aliphatic carbocycles. The number of benzene rings is 1. The molecule has 0 saturated carbocycles.